The Morgan fingerprint density at radius 1 is 1.40 bits per heavy atom. The molecule has 0 radical (unpaired) electrons. The van der Waals surface area contributed by atoms with Gasteiger partial charge in [0, 0.05) is 18.9 Å². The lowest BCUT2D eigenvalue weighted by molar-refractivity contribution is -0.0831. The van der Waals surface area contributed by atoms with Crippen molar-refractivity contribution >= 4 is 5.95 Å². The van der Waals surface area contributed by atoms with Gasteiger partial charge in [0.05, 0.1) is 13.2 Å². The van der Waals surface area contributed by atoms with Gasteiger partial charge in [0.25, 0.3) is 0 Å². The van der Waals surface area contributed by atoms with Crippen molar-refractivity contribution in [3.8, 4) is 12.0 Å². The van der Waals surface area contributed by atoms with Crippen LogP contribution in [0.1, 0.15) is 13.3 Å². The zero-order chi connectivity index (χ0) is 13.8. The number of imidazole rings is 1. The lowest BCUT2D eigenvalue weighted by Crippen LogP contribution is -2.39. The maximum Gasteiger partial charge on any atom is 0.323 e. The lowest BCUT2D eigenvalue weighted by Gasteiger charge is -2.25. The molecule has 0 unspecified atom stereocenters. The molecule has 3 rings (SSSR count). The van der Waals surface area contributed by atoms with E-state index in [1.165, 1.54) is 0 Å². The first-order chi connectivity index (χ1) is 9.85. The van der Waals surface area contributed by atoms with Crippen LogP contribution in [0.2, 0.25) is 0 Å². The molecule has 1 saturated heterocycles. The molecule has 0 bridgehead atoms. The largest absolute Gasteiger partial charge is 0.455 e. The Bertz CT molecular complexity index is 555. The SMILES string of the molecule is CCCNc1nc(OC2COC2)nc(-n2ccnc2)n1. The van der Waals surface area contributed by atoms with Crippen LogP contribution in [0.5, 0.6) is 6.01 Å². The van der Waals surface area contributed by atoms with E-state index in [1.807, 2.05) is 0 Å². The molecule has 2 aromatic rings. The van der Waals surface area contributed by atoms with Crippen LogP contribution in [0.25, 0.3) is 5.95 Å². The first-order valence-electron chi connectivity index (χ1n) is 6.58. The third-order valence-electron chi connectivity index (χ3n) is 2.75. The van der Waals surface area contributed by atoms with E-state index in [4.69, 9.17) is 9.47 Å². The summed E-state index contributed by atoms with van der Waals surface area (Å²) in [6.07, 6.45) is 6.08. The first-order valence-corrected chi connectivity index (χ1v) is 6.58. The monoisotopic (exact) mass is 276 g/mol. The van der Waals surface area contributed by atoms with Crippen molar-refractivity contribution in [3.63, 3.8) is 0 Å². The van der Waals surface area contributed by atoms with Crippen molar-refractivity contribution in [1.29, 1.82) is 0 Å². The minimum absolute atomic E-state index is 0.0204. The molecule has 0 amide bonds. The van der Waals surface area contributed by atoms with Gasteiger partial charge in [-0.2, -0.15) is 15.0 Å². The number of hydrogen-bond donors (Lipinski definition) is 1. The topological polar surface area (TPSA) is 87.0 Å². The number of aromatic nitrogens is 5. The molecule has 106 valence electrons. The smallest absolute Gasteiger partial charge is 0.323 e. The Labute approximate surface area is 116 Å². The van der Waals surface area contributed by atoms with Crippen molar-refractivity contribution in [3.05, 3.63) is 18.7 Å². The first kappa shape index (κ1) is 12.8. The van der Waals surface area contributed by atoms with Gasteiger partial charge in [0.2, 0.25) is 11.9 Å². The van der Waals surface area contributed by atoms with Crippen molar-refractivity contribution in [2.24, 2.45) is 0 Å². The van der Waals surface area contributed by atoms with Crippen LogP contribution in [0, 0.1) is 0 Å². The van der Waals surface area contributed by atoms with Gasteiger partial charge < -0.3 is 14.8 Å². The molecule has 0 aliphatic carbocycles. The van der Waals surface area contributed by atoms with Crippen molar-refractivity contribution < 1.29 is 9.47 Å². The number of anilines is 1. The molecule has 0 spiro atoms. The molecular weight excluding hydrogens is 260 g/mol. The molecule has 1 fully saturated rings. The quantitative estimate of drug-likeness (QED) is 0.829. The van der Waals surface area contributed by atoms with Gasteiger partial charge in [-0.05, 0) is 6.42 Å². The second-order valence-electron chi connectivity index (χ2n) is 4.42. The average Bonchev–Trinajstić information content (AvgIpc) is 2.94. The lowest BCUT2D eigenvalue weighted by atomic mass is 10.3. The molecular formula is C12H16N6O2. The second kappa shape index (κ2) is 5.83. The van der Waals surface area contributed by atoms with Crippen LogP contribution in [0.3, 0.4) is 0 Å². The highest BCUT2D eigenvalue weighted by Gasteiger charge is 2.22. The van der Waals surface area contributed by atoms with Crippen LogP contribution >= 0.6 is 0 Å². The van der Waals surface area contributed by atoms with E-state index in [2.05, 4.69) is 32.2 Å². The molecule has 3 heterocycles. The van der Waals surface area contributed by atoms with Crippen molar-refractivity contribution in [2.45, 2.75) is 19.4 Å². The Hall–Kier alpha value is -2.22. The Kier molecular flexibility index (Phi) is 3.73. The molecule has 1 N–H and O–H groups in total. The van der Waals surface area contributed by atoms with Crippen LogP contribution in [-0.2, 0) is 4.74 Å². The third-order valence-corrected chi connectivity index (χ3v) is 2.75. The van der Waals surface area contributed by atoms with E-state index in [0.29, 0.717) is 31.1 Å². The van der Waals surface area contributed by atoms with Gasteiger partial charge >= 0.3 is 6.01 Å². The molecule has 0 saturated carbocycles. The fourth-order valence-corrected chi connectivity index (χ4v) is 1.64. The highest BCUT2D eigenvalue weighted by molar-refractivity contribution is 5.30. The molecule has 1 aliphatic heterocycles. The van der Waals surface area contributed by atoms with Crippen LogP contribution in [0.4, 0.5) is 5.95 Å². The van der Waals surface area contributed by atoms with Crippen LogP contribution in [0.15, 0.2) is 18.7 Å². The van der Waals surface area contributed by atoms with Crippen LogP contribution < -0.4 is 10.1 Å². The third kappa shape index (κ3) is 2.85. The molecule has 2 aromatic heterocycles. The van der Waals surface area contributed by atoms with Gasteiger partial charge in [-0.1, -0.05) is 6.92 Å². The van der Waals surface area contributed by atoms with Crippen molar-refractivity contribution in [1.82, 2.24) is 24.5 Å². The molecule has 8 nitrogen and oxygen atoms in total. The highest BCUT2D eigenvalue weighted by Crippen LogP contribution is 2.15. The summed E-state index contributed by atoms with van der Waals surface area (Å²) in [6.45, 7) is 4.01. The summed E-state index contributed by atoms with van der Waals surface area (Å²) in [5.74, 6) is 0.979. The average molecular weight is 276 g/mol. The number of nitrogens with one attached hydrogen (secondary N) is 1. The van der Waals surface area contributed by atoms with Gasteiger partial charge in [-0.15, -0.1) is 0 Å². The van der Waals surface area contributed by atoms with E-state index in [1.54, 1.807) is 23.3 Å². The van der Waals surface area contributed by atoms with E-state index in [-0.39, 0.29) is 6.10 Å². The summed E-state index contributed by atoms with van der Waals surface area (Å²) in [7, 11) is 0. The molecule has 0 atom stereocenters. The van der Waals surface area contributed by atoms with E-state index < -0.39 is 0 Å². The number of nitrogens with zero attached hydrogens (tertiary/aromatic N) is 5. The second-order valence-corrected chi connectivity index (χ2v) is 4.42. The highest BCUT2D eigenvalue weighted by atomic mass is 16.6. The maximum absolute atomic E-state index is 5.65. The zero-order valence-corrected chi connectivity index (χ0v) is 11.2. The van der Waals surface area contributed by atoms with E-state index in [9.17, 15) is 0 Å². The molecule has 8 heteroatoms. The van der Waals surface area contributed by atoms with Gasteiger partial charge in [0.1, 0.15) is 12.4 Å². The fraction of sp³-hybridized carbons (Fsp3) is 0.500. The standard InChI is InChI=1S/C12H16N6O2/c1-2-3-14-10-15-11(18-5-4-13-8-18)17-12(16-10)20-9-6-19-7-9/h4-5,8-9H,2-3,6-7H2,1H3,(H,14,15,16,17). The van der Waals surface area contributed by atoms with Crippen LogP contribution in [-0.4, -0.2) is 50.4 Å². The molecule has 1 aliphatic rings. The zero-order valence-electron chi connectivity index (χ0n) is 11.2. The summed E-state index contributed by atoms with van der Waals surface area (Å²) in [4.78, 5) is 16.9. The predicted octanol–water partition coefficient (Wildman–Crippen LogP) is 0.657. The summed E-state index contributed by atoms with van der Waals surface area (Å²) in [5.41, 5.74) is 0. The summed E-state index contributed by atoms with van der Waals surface area (Å²) >= 11 is 0. The fourth-order valence-electron chi connectivity index (χ4n) is 1.64. The Morgan fingerprint density at radius 3 is 2.95 bits per heavy atom. The van der Waals surface area contributed by atoms with Gasteiger partial charge in [0.15, 0.2) is 0 Å². The summed E-state index contributed by atoms with van der Waals surface area (Å²) in [5, 5.41) is 3.14. The maximum atomic E-state index is 5.65. The normalized spacial score (nSPS) is 14.8. The Morgan fingerprint density at radius 2 is 2.30 bits per heavy atom. The molecule has 0 aromatic carbocycles. The number of hydrogen-bond acceptors (Lipinski definition) is 7. The summed E-state index contributed by atoms with van der Waals surface area (Å²) in [6, 6.07) is 0.301. The van der Waals surface area contributed by atoms with Gasteiger partial charge in [-0.25, -0.2) is 4.98 Å². The Balaban J connectivity index is 1.85. The van der Waals surface area contributed by atoms with E-state index in [0.717, 1.165) is 13.0 Å². The van der Waals surface area contributed by atoms with E-state index >= 15 is 0 Å². The number of ether oxygens (including phenoxy) is 2. The van der Waals surface area contributed by atoms with Crippen molar-refractivity contribution in [2.75, 3.05) is 25.1 Å². The summed E-state index contributed by atoms with van der Waals surface area (Å²) < 4.78 is 12.4. The molecule has 20 heavy (non-hydrogen) atoms. The minimum Gasteiger partial charge on any atom is -0.455 e. The van der Waals surface area contributed by atoms with Gasteiger partial charge in [-0.3, -0.25) is 4.57 Å². The number of rotatable bonds is 6. The predicted molar refractivity (Wildman–Crippen MR) is 71.0 cm³/mol. The minimum atomic E-state index is 0.0204.